The van der Waals surface area contributed by atoms with Gasteiger partial charge in [-0.2, -0.15) is 4.89 Å². The summed E-state index contributed by atoms with van der Waals surface area (Å²) >= 11 is 0. The second-order valence-corrected chi connectivity index (χ2v) is 4.05. The Bertz CT molecular complexity index is 211. The monoisotopic (exact) mass is 216 g/mol. The van der Waals surface area contributed by atoms with Crippen molar-refractivity contribution in [1.82, 2.24) is 0 Å². The summed E-state index contributed by atoms with van der Waals surface area (Å²) in [6, 6.07) is 0. The fraction of sp³-hybridized carbons (Fsp3) is 0.727. The fourth-order valence-corrected chi connectivity index (χ4v) is 0.805. The first kappa shape index (κ1) is 14.1. The van der Waals surface area contributed by atoms with E-state index in [0.29, 0.717) is 0 Å². The molecule has 0 aliphatic heterocycles. The topological polar surface area (TPSA) is 44.8 Å². The highest BCUT2D eigenvalue weighted by Crippen LogP contribution is 2.12. The van der Waals surface area contributed by atoms with Crippen molar-refractivity contribution in [3.63, 3.8) is 0 Å². The van der Waals surface area contributed by atoms with Crippen molar-refractivity contribution >= 4 is 5.97 Å². The fourth-order valence-electron chi connectivity index (χ4n) is 0.805. The van der Waals surface area contributed by atoms with E-state index in [1.54, 1.807) is 26.8 Å². The van der Waals surface area contributed by atoms with Gasteiger partial charge in [-0.15, -0.1) is 6.58 Å². The van der Waals surface area contributed by atoms with Crippen LogP contribution in [0.1, 0.15) is 40.5 Å². The zero-order chi connectivity index (χ0) is 11.9. The van der Waals surface area contributed by atoms with Gasteiger partial charge in [-0.1, -0.05) is 26.3 Å². The largest absolute Gasteiger partial charge is 0.348 e. The smallest absolute Gasteiger partial charge is 0.269 e. The summed E-state index contributed by atoms with van der Waals surface area (Å²) in [5.74, 6) is -0.595. The molecule has 1 atom stereocenters. The Morgan fingerprint density at radius 2 is 2.13 bits per heavy atom. The number of hydrogen-bond acceptors (Lipinski definition) is 4. The molecule has 0 amide bonds. The molecular weight excluding hydrogens is 196 g/mol. The average molecular weight is 216 g/mol. The van der Waals surface area contributed by atoms with Crippen LogP contribution in [0.2, 0.25) is 0 Å². The van der Waals surface area contributed by atoms with Gasteiger partial charge in [-0.3, -0.25) is 4.89 Å². The van der Waals surface area contributed by atoms with E-state index in [1.165, 1.54) is 0 Å². The van der Waals surface area contributed by atoms with Gasteiger partial charge in [0.1, 0.15) is 5.60 Å². The van der Waals surface area contributed by atoms with Gasteiger partial charge >= 0.3 is 5.97 Å². The van der Waals surface area contributed by atoms with Crippen LogP contribution in [-0.4, -0.2) is 11.6 Å². The van der Waals surface area contributed by atoms with Crippen LogP contribution in [0.4, 0.5) is 0 Å². The number of rotatable bonds is 7. The van der Waals surface area contributed by atoms with E-state index in [2.05, 4.69) is 16.5 Å². The van der Waals surface area contributed by atoms with E-state index >= 15 is 0 Å². The molecule has 0 radical (unpaired) electrons. The molecule has 4 heteroatoms. The van der Waals surface area contributed by atoms with Crippen molar-refractivity contribution in [2.45, 2.75) is 46.1 Å². The second-order valence-electron chi connectivity index (χ2n) is 4.05. The highest BCUT2D eigenvalue weighted by Gasteiger charge is 2.19. The summed E-state index contributed by atoms with van der Waals surface area (Å²) in [4.78, 5) is 20.6. The zero-order valence-corrected chi connectivity index (χ0v) is 9.91. The maximum atomic E-state index is 11.3. The molecular formula is C11H20O4. The molecule has 88 valence electrons. The van der Waals surface area contributed by atoms with Crippen molar-refractivity contribution in [3.8, 4) is 0 Å². The number of carbonyl (C=O) groups is 1. The third kappa shape index (κ3) is 6.25. The second kappa shape index (κ2) is 6.58. The zero-order valence-electron chi connectivity index (χ0n) is 9.91. The first-order valence-electron chi connectivity index (χ1n) is 5.12. The lowest BCUT2D eigenvalue weighted by Crippen LogP contribution is -2.23. The highest BCUT2D eigenvalue weighted by atomic mass is 17.5. The first-order valence-corrected chi connectivity index (χ1v) is 5.12. The summed E-state index contributed by atoms with van der Waals surface area (Å²) in [5, 5.41) is 4.40. The molecule has 1 unspecified atom stereocenters. The molecule has 0 fully saturated rings. The van der Waals surface area contributed by atoms with Crippen LogP contribution < -0.4 is 0 Å². The minimum absolute atomic E-state index is 0.176. The van der Waals surface area contributed by atoms with Crippen LogP contribution >= 0.6 is 0 Å². The van der Waals surface area contributed by atoms with E-state index in [1.807, 2.05) is 6.92 Å². The third-order valence-corrected chi connectivity index (χ3v) is 1.98. The van der Waals surface area contributed by atoms with Crippen LogP contribution in [0.5, 0.6) is 0 Å². The Balaban J connectivity index is 3.77. The first-order chi connectivity index (χ1) is 6.93. The van der Waals surface area contributed by atoms with Crippen LogP contribution in [-0.2, 0) is 19.6 Å². The maximum absolute atomic E-state index is 11.3. The Labute approximate surface area is 91.1 Å². The van der Waals surface area contributed by atoms with Gasteiger partial charge < -0.3 is 0 Å². The van der Waals surface area contributed by atoms with Crippen LogP contribution in [0, 0.1) is 5.92 Å². The molecule has 0 heterocycles. The van der Waals surface area contributed by atoms with E-state index in [4.69, 9.17) is 4.89 Å². The maximum Gasteiger partial charge on any atom is 0.348 e. The van der Waals surface area contributed by atoms with E-state index in [-0.39, 0.29) is 5.92 Å². The van der Waals surface area contributed by atoms with Gasteiger partial charge in [0.15, 0.2) is 0 Å². The summed E-state index contributed by atoms with van der Waals surface area (Å²) in [6.07, 6.45) is 3.25. The summed E-state index contributed by atoms with van der Waals surface area (Å²) < 4.78 is 0. The van der Waals surface area contributed by atoms with Gasteiger partial charge in [-0.05, 0) is 25.3 Å². The molecule has 0 aromatic rings. The lowest BCUT2D eigenvalue weighted by molar-refractivity contribution is -0.511. The van der Waals surface area contributed by atoms with Gasteiger partial charge in [0.2, 0.25) is 0 Å². The van der Waals surface area contributed by atoms with E-state index in [9.17, 15) is 4.79 Å². The van der Waals surface area contributed by atoms with Crippen molar-refractivity contribution in [2.75, 3.05) is 0 Å². The van der Waals surface area contributed by atoms with Crippen LogP contribution in [0.15, 0.2) is 12.7 Å². The molecule has 0 rings (SSSR count). The van der Waals surface area contributed by atoms with Gasteiger partial charge in [-0.25, -0.2) is 4.79 Å². The normalized spacial score (nSPS) is 13.3. The Morgan fingerprint density at radius 1 is 1.53 bits per heavy atom. The quantitative estimate of drug-likeness (QED) is 0.373. The highest BCUT2D eigenvalue weighted by molar-refractivity contribution is 5.71. The standard InChI is InChI=1S/C11H20O4/c1-6-8-9(3)10(12)13-15-14-11(4,5)7-2/h7,9H,2,6,8H2,1,3-5H3. The van der Waals surface area contributed by atoms with Crippen LogP contribution in [0.3, 0.4) is 0 Å². The Morgan fingerprint density at radius 3 is 2.60 bits per heavy atom. The predicted molar refractivity (Wildman–Crippen MR) is 56.6 cm³/mol. The molecule has 0 spiro atoms. The molecule has 15 heavy (non-hydrogen) atoms. The third-order valence-electron chi connectivity index (χ3n) is 1.98. The molecule has 0 aromatic carbocycles. The molecule has 0 aromatic heterocycles. The van der Waals surface area contributed by atoms with Crippen molar-refractivity contribution in [3.05, 3.63) is 12.7 Å². The van der Waals surface area contributed by atoms with Crippen LogP contribution in [0.25, 0.3) is 0 Å². The van der Waals surface area contributed by atoms with Gasteiger partial charge in [0.25, 0.3) is 0 Å². The van der Waals surface area contributed by atoms with Gasteiger partial charge in [0.05, 0.1) is 5.92 Å². The lowest BCUT2D eigenvalue weighted by atomic mass is 10.1. The molecule has 0 N–H and O–H groups in total. The minimum Gasteiger partial charge on any atom is -0.269 e. The molecule has 0 aliphatic rings. The summed E-state index contributed by atoms with van der Waals surface area (Å²) in [6.45, 7) is 10.8. The average Bonchev–Trinajstić information content (AvgIpc) is 2.18. The summed E-state index contributed by atoms with van der Waals surface area (Å²) in [5.41, 5.74) is -0.672. The summed E-state index contributed by atoms with van der Waals surface area (Å²) in [7, 11) is 0. The Kier molecular flexibility index (Phi) is 6.20. The van der Waals surface area contributed by atoms with E-state index in [0.717, 1.165) is 12.8 Å². The minimum atomic E-state index is -0.672. The molecule has 0 aliphatic carbocycles. The predicted octanol–water partition coefficient (Wildman–Crippen LogP) is 2.79. The lowest BCUT2D eigenvalue weighted by Gasteiger charge is -2.17. The number of carbonyl (C=O) groups excluding carboxylic acids is 1. The van der Waals surface area contributed by atoms with Crippen molar-refractivity contribution < 1.29 is 19.6 Å². The number of hydrogen-bond donors (Lipinski definition) is 0. The van der Waals surface area contributed by atoms with Gasteiger partial charge in [0, 0.05) is 0 Å². The molecule has 0 saturated carbocycles. The molecule has 4 nitrogen and oxygen atoms in total. The Hall–Kier alpha value is -0.870. The van der Waals surface area contributed by atoms with Crippen molar-refractivity contribution in [2.24, 2.45) is 5.92 Å². The van der Waals surface area contributed by atoms with E-state index < -0.39 is 11.6 Å². The molecule has 0 saturated heterocycles. The SMILES string of the molecule is C=CC(C)(C)OOOC(=O)C(C)CCC. The van der Waals surface area contributed by atoms with Crippen molar-refractivity contribution in [1.29, 1.82) is 0 Å². The molecule has 0 bridgehead atoms.